The minimum absolute atomic E-state index is 0.148. The van der Waals surface area contributed by atoms with Gasteiger partial charge in [-0.1, -0.05) is 19.1 Å². The average molecular weight is 446 g/mol. The summed E-state index contributed by atoms with van der Waals surface area (Å²) in [5.41, 5.74) is 1.61. The van der Waals surface area contributed by atoms with E-state index in [1.54, 1.807) is 19.2 Å². The molecule has 1 fully saturated rings. The van der Waals surface area contributed by atoms with E-state index in [9.17, 15) is 14.7 Å². The third-order valence-electron chi connectivity index (χ3n) is 5.78. The number of carboxylic acid groups (broad SMARTS) is 1. The van der Waals surface area contributed by atoms with Crippen LogP contribution in [-0.4, -0.2) is 49.4 Å². The van der Waals surface area contributed by atoms with E-state index in [-0.39, 0.29) is 18.1 Å². The third kappa shape index (κ3) is 5.54. The van der Waals surface area contributed by atoms with Crippen molar-refractivity contribution in [1.29, 1.82) is 0 Å². The van der Waals surface area contributed by atoms with Gasteiger partial charge in [0.1, 0.15) is 11.9 Å². The van der Waals surface area contributed by atoms with Crippen LogP contribution in [0.3, 0.4) is 0 Å². The van der Waals surface area contributed by atoms with Crippen LogP contribution in [0.5, 0.6) is 5.75 Å². The van der Waals surface area contributed by atoms with Crippen molar-refractivity contribution >= 4 is 17.9 Å². The van der Waals surface area contributed by atoms with E-state index in [4.69, 9.17) is 9.47 Å². The second kappa shape index (κ2) is 10.4. The normalized spacial score (nSPS) is 18.4. The quantitative estimate of drug-likeness (QED) is 0.625. The number of carbonyl (C=O) groups is 2. The van der Waals surface area contributed by atoms with Crippen molar-refractivity contribution in [2.45, 2.75) is 71.5 Å². The molecule has 2 aromatic rings. The molecule has 2 atom stereocenters. The zero-order valence-electron chi connectivity index (χ0n) is 19.0. The molecule has 10 nitrogen and oxygen atoms in total. The monoisotopic (exact) mass is 445 g/mol. The lowest BCUT2D eigenvalue weighted by atomic mass is 9.87. The molecular weight excluding hydrogens is 414 g/mol. The summed E-state index contributed by atoms with van der Waals surface area (Å²) < 4.78 is 12.9. The minimum atomic E-state index is -0.770. The summed E-state index contributed by atoms with van der Waals surface area (Å²) in [6.07, 6.45) is 3.43. The van der Waals surface area contributed by atoms with Gasteiger partial charge in [-0.15, -0.1) is 5.10 Å². The number of nitrogens with zero attached hydrogens (tertiary/aromatic N) is 4. The van der Waals surface area contributed by atoms with Crippen LogP contribution < -0.4 is 10.1 Å². The number of pyridine rings is 1. The summed E-state index contributed by atoms with van der Waals surface area (Å²) in [5.74, 6) is -0.141. The van der Waals surface area contributed by atoms with Crippen molar-refractivity contribution < 1.29 is 24.2 Å². The Hall–Kier alpha value is -3.17. The number of aryl methyl sites for hydroxylation is 2. The number of hydrogen-bond donors (Lipinski definition) is 2. The molecule has 0 aromatic carbocycles. The molecule has 3 rings (SSSR count). The van der Waals surface area contributed by atoms with Crippen LogP contribution >= 0.6 is 0 Å². The van der Waals surface area contributed by atoms with Gasteiger partial charge in [0, 0.05) is 7.05 Å². The highest BCUT2D eigenvalue weighted by Gasteiger charge is 2.28. The van der Waals surface area contributed by atoms with E-state index in [1.807, 2.05) is 20.8 Å². The Balaban J connectivity index is 1.74. The Morgan fingerprint density at radius 1 is 1.28 bits per heavy atom. The van der Waals surface area contributed by atoms with Crippen LogP contribution in [0.4, 0.5) is 10.6 Å². The molecule has 0 bridgehead atoms. The number of rotatable bonds is 8. The summed E-state index contributed by atoms with van der Waals surface area (Å²) in [5, 5.41) is 20.2. The number of amides is 1. The van der Waals surface area contributed by atoms with Crippen molar-refractivity contribution in [1.82, 2.24) is 20.0 Å². The van der Waals surface area contributed by atoms with Crippen molar-refractivity contribution in [2.24, 2.45) is 13.0 Å². The lowest BCUT2D eigenvalue weighted by molar-refractivity contribution is -0.143. The molecule has 1 aliphatic carbocycles. The molecule has 32 heavy (non-hydrogen) atoms. The van der Waals surface area contributed by atoms with Crippen molar-refractivity contribution in [3.05, 3.63) is 17.8 Å². The van der Waals surface area contributed by atoms with Crippen LogP contribution in [0.15, 0.2) is 12.1 Å². The molecule has 1 saturated carbocycles. The molecule has 2 N–H and O–H groups in total. The number of carbonyl (C=O) groups excluding carboxylic acids is 1. The maximum atomic E-state index is 12.3. The molecular formula is C22H31N5O5. The van der Waals surface area contributed by atoms with E-state index in [1.165, 1.54) is 4.68 Å². The largest absolute Gasteiger partial charge is 0.489 e. The van der Waals surface area contributed by atoms with Gasteiger partial charge >= 0.3 is 12.1 Å². The van der Waals surface area contributed by atoms with E-state index in [0.717, 1.165) is 25.7 Å². The lowest BCUT2D eigenvalue weighted by Gasteiger charge is -2.27. The van der Waals surface area contributed by atoms with Gasteiger partial charge in [0.15, 0.2) is 11.5 Å². The first kappa shape index (κ1) is 23.5. The lowest BCUT2D eigenvalue weighted by Crippen LogP contribution is -2.29. The number of anilines is 1. The number of hydrogen-bond acceptors (Lipinski definition) is 7. The van der Waals surface area contributed by atoms with Gasteiger partial charge < -0.3 is 14.6 Å². The van der Waals surface area contributed by atoms with Gasteiger partial charge in [-0.25, -0.2) is 14.5 Å². The fraction of sp³-hybridized carbons (Fsp3) is 0.591. The van der Waals surface area contributed by atoms with E-state index in [2.05, 4.69) is 20.6 Å². The number of ether oxygens (including phenoxy) is 2. The summed E-state index contributed by atoms with van der Waals surface area (Å²) in [6.45, 7) is 5.75. The van der Waals surface area contributed by atoms with Gasteiger partial charge in [-0.3, -0.25) is 10.1 Å². The molecule has 2 aromatic heterocycles. The first-order valence-corrected chi connectivity index (χ1v) is 11.1. The first-order valence-electron chi connectivity index (χ1n) is 11.1. The maximum absolute atomic E-state index is 12.3. The Morgan fingerprint density at radius 3 is 2.69 bits per heavy atom. The van der Waals surface area contributed by atoms with Crippen molar-refractivity contribution in [3.8, 4) is 17.1 Å². The van der Waals surface area contributed by atoms with Gasteiger partial charge in [0.05, 0.1) is 23.4 Å². The highest BCUT2D eigenvalue weighted by atomic mass is 16.6. The molecule has 1 amide bonds. The number of aromatic nitrogens is 4. The van der Waals surface area contributed by atoms with Crippen molar-refractivity contribution in [3.63, 3.8) is 0 Å². The van der Waals surface area contributed by atoms with Crippen LogP contribution in [0, 0.1) is 12.8 Å². The van der Waals surface area contributed by atoms with E-state index >= 15 is 0 Å². The standard InChI is InChI=1S/C22H31N5O5/c1-5-15(6-2)32-22(30)24-20-19(25-26-27(20)4)17-10-11-18(13(3)23-17)31-16-9-7-8-14(12-16)21(28)29/h10-11,14-16H,5-9,12H2,1-4H3,(H,24,30)(H,28,29)/t14?,16-/m0/s1. The predicted molar refractivity (Wildman–Crippen MR) is 117 cm³/mol. The Bertz CT molecular complexity index is 956. The van der Waals surface area contributed by atoms with Crippen LogP contribution in [-0.2, 0) is 16.6 Å². The molecule has 0 radical (unpaired) electrons. The number of nitrogens with one attached hydrogen (secondary N) is 1. The highest BCUT2D eigenvalue weighted by molar-refractivity contribution is 5.88. The molecule has 0 aliphatic heterocycles. The topological polar surface area (TPSA) is 128 Å². The summed E-state index contributed by atoms with van der Waals surface area (Å²) >= 11 is 0. The smallest absolute Gasteiger partial charge is 0.413 e. The number of aliphatic carboxylic acids is 1. The fourth-order valence-corrected chi connectivity index (χ4v) is 3.86. The molecule has 1 unspecified atom stereocenters. The Labute approximate surface area is 187 Å². The second-order valence-corrected chi connectivity index (χ2v) is 8.10. The first-order chi connectivity index (χ1) is 15.3. The molecule has 0 spiro atoms. The Morgan fingerprint density at radius 2 is 2.03 bits per heavy atom. The van der Waals surface area contributed by atoms with Crippen LogP contribution in [0.25, 0.3) is 11.4 Å². The predicted octanol–water partition coefficient (Wildman–Crippen LogP) is 3.94. The average Bonchev–Trinajstić information content (AvgIpc) is 3.13. The van der Waals surface area contributed by atoms with Crippen LogP contribution in [0.1, 0.15) is 58.1 Å². The molecule has 174 valence electrons. The van der Waals surface area contributed by atoms with Gasteiger partial charge in [-0.2, -0.15) is 0 Å². The zero-order chi connectivity index (χ0) is 23.3. The van der Waals surface area contributed by atoms with E-state index in [0.29, 0.717) is 41.5 Å². The number of carboxylic acids is 1. The second-order valence-electron chi connectivity index (χ2n) is 8.10. The maximum Gasteiger partial charge on any atom is 0.413 e. The third-order valence-corrected chi connectivity index (χ3v) is 5.78. The van der Waals surface area contributed by atoms with Gasteiger partial charge in [0.25, 0.3) is 0 Å². The van der Waals surface area contributed by atoms with Crippen LogP contribution in [0.2, 0.25) is 0 Å². The fourth-order valence-electron chi connectivity index (χ4n) is 3.86. The molecule has 0 saturated heterocycles. The van der Waals surface area contributed by atoms with E-state index < -0.39 is 12.1 Å². The minimum Gasteiger partial charge on any atom is -0.489 e. The zero-order valence-corrected chi connectivity index (χ0v) is 19.0. The molecule has 1 aliphatic rings. The molecule has 2 heterocycles. The van der Waals surface area contributed by atoms with Crippen molar-refractivity contribution in [2.75, 3.05) is 5.32 Å². The summed E-state index contributed by atoms with van der Waals surface area (Å²) in [6, 6.07) is 3.55. The summed E-state index contributed by atoms with van der Waals surface area (Å²) in [4.78, 5) is 28.2. The van der Waals surface area contributed by atoms with Gasteiger partial charge in [-0.05, 0) is 57.6 Å². The highest BCUT2D eigenvalue weighted by Crippen LogP contribution is 2.31. The summed E-state index contributed by atoms with van der Waals surface area (Å²) in [7, 11) is 1.68. The Kier molecular flexibility index (Phi) is 7.66. The van der Waals surface area contributed by atoms with Gasteiger partial charge in [0.2, 0.25) is 0 Å². The SMILES string of the molecule is CCC(CC)OC(=O)Nc1c(-c2ccc(O[C@H]3CCCC(C(=O)O)C3)c(C)n2)nnn1C. The molecule has 10 heteroatoms.